The number of hydrogen-bond donors (Lipinski definition) is 1. The van der Waals surface area contributed by atoms with Gasteiger partial charge in [-0.25, -0.2) is 14.4 Å². The first kappa shape index (κ1) is 15.3. The zero-order valence-corrected chi connectivity index (χ0v) is 13.2. The topological polar surface area (TPSA) is 68.9 Å². The number of hydrogen-bond acceptors (Lipinski definition) is 4. The highest BCUT2D eigenvalue weighted by molar-refractivity contribution is 7.84. The van der Waals surface area contributed by atoms with Crippen LogP contribution in [-0.4, -0.2) is 20.4 Å². The fourth-order valence-corrected chi connectivity index (χ4v) is 2.78. The van der Waals surface area contributed by atoms with Gasteiger partial charge in [0.15, 0.2) is 0 Å². The van der Waals surface area contributed by atoms with E-state index in [1.54, 1.807) is 36.7 Å². The van der Waals surface area contributed by atoms with E-state index in [0.717, 1.165) is 21.6 Å². The lowest BCUT2D eigenvalue weighted by Crippen LogP contribution is -1.99. The number of halogens is 1. The minimum atomic E-state index is -1.04. The quantitative estimate of drug-likeness (QED) is 0.801. The molecule has 0 bridgehead atoms. The van der Waals surface area contributed by atoms with Gasteiger partial charge in [0.25, 0.3) is 0 Å². The summed E-state index contributed by atoms with van der Waals surface area (Å²) in [7, 11) is -1.04. The summed E-state index contributed by atoms with van der Waals surface area (Å²) in [5.74, 6) is -0.143. The summed E-state index contributed by atoms with van der Waals surface area (Å²) < 4.78 is 24.6. The van der Waals surface area contributed by atoms with Gasteiger partial charge in [0.1, 0.15) is 5.82 Å². The Morgan fingerprint density at radius 3 is 2.22 bits per heavy atom. The zero-order chi connectivity index (χ0) is 16.4. The Bertz CT molecular complexity index is 864. The molecule has 0 radical (unpaired) electrons. The SMILES string of the molecule is CS(=O)c1ccc(-c2nc(N)ncc2-c2ccc(F)cc2)cc1. The molecule has 0 spiro atoms. The molecule has 116 valence electrons. The monoisotopic (exact) mass is 327 g/mol. The van der Waals surface area contributed by atoms with Crippen molar-refractivity contribution in [3.05, 3.63) is 60.5 Å². The molecule has 0 amide bonds. The molecular weight excluding hydrogens is 313 g/mol. The van der Waals surface area contributed by atoms with Crippen molar-refractivity contribution in [3.63, 3.8) is 0 Å². The van der Waals surface area contributed by atoms with Crippen LogP contribution in [0.2, 0.25) is 0 Å². The lowest BCUT2D eigenvalue weighted by molar-refractivity contribution is 0.628. The number of nitrogen functional groups attached to an aromatic ring is 1. The standard InChI is InChI=1S/C17H14FN3OS/c1-23(22)14-8-4-12(5-9-14)16-15(10-20-17(19)21-16)11-2-6-13(18)7-3-11/h2-10H,1H3,(H2,19,20,21). The van der Waals surface area contributed by atoms with Crippen LogP contribution in [0.25, 0.3) is 22.4 Å². The summed E-state index contributed by atoms with van der Waals surface area (Å²) in [4.78, 5) is 9.08. The van der Waals surface area contributed by atoms with Crippen LogP contribution in [0, 0.1) is 5.82 Å². The molecule has 0 aliphatic rings. The van der Waals surface area contributed by atoms with Crippen LogP contribution in [0.4, 0.5) is 10.3 Å². The van der Waals surface area contributed by atoms with E-state index in [9.17, 15) is 8.60 Å². The summed E-state index contributed by atoms with van der Waals surface area (Å²) >= 11 is 0. The fourth-order valence-electron chi connectivity index (χ4n) is 2.26. The molecule has 4 nitrogen and oxygen atoms in total. The molecule has 0 saturated carbocycles. The van der Waals surface area contributed by atoms with Crippen LogP contribution in [0.15, 0.2) is 59.6 Å². The summed E-state index contributed by atoms with van der Waals surface area (Å²) in [5.41, 5.74) is 8.74. The maximum Gasteiger partial charge on any atom is 0.220 e. The molecule has 0 aliphatic heterocycles. The number of nitrogens with two attached hydrogens (primary N) is 1. The molecule has 1 atom stereocenters. The van der Waals surface area contributed by atoms with E-state index in [0.29, 0.717) is 5.69 Å². The van der Waals surface area contributed by atoms with Gasteiger partial charge in [0.05, 0.1) is 5.69 Å². The van der Waals surface area contributed by atoms with Crippen molar-refractivity contribution in [2.45, 2.75) is 4.90 Å². The lowest BCUT2D eigenvalue weighted by Gasteiger charge is -2.10. The largest absolute Gasteiger partial charge is 0.368 e. The van der Waals surface area contributed by atoms with E-state index < -0.39 is 10.8 Å². The van der Waals surface area contributed by atoms with Gasteiger partial charge in [0, 0.05) is 39.3 Å². The molecule has 1 unspecified atom stereocenters. The second kappa shape index (κ2) is 6.26. The molecule has 3 rings (SSSR count). The Labute approximate surface area is 135 Å². The van der Waals surface area contributed by atoms with Crippen molar-refractivity contribution in [1.82, 2.24) is 9.97 Å². The third-order valence-electron chi connectivity index (χ3n) is 3.42. The minimum Gasteiger partial charge on any atom is -0.368 e. The molecule has 1 aromatic heterocycles. The highest BCUT2D eigenvalue weighted by Crippen LogP contribution is 2.30. The average Bonchev–Trinajstić information content (AvgIpc) is 2.56. The summed E-state index contributed by atoms with van der Waals surface area (Å²) in [6.07, 6.45) is 3.25. The minimum absolute atomic E-state index is 0.161. The summed E-state index contributed by atoms with van der Waals surface area (Å²) in [6.45, 7) is 0. The van der Waals surface area contributed by atoms with Crippen molar-refractivity contribution >= 4 is 16.7 Å². The van der Waals surface area contributed by atoms with Crippen LogP contribution in [0.1, 0.15) is 0 Å². The normalized spacial score (nSPS) is 12.1. The predicted octanol–water partition coefficient (Wildman–Crippen LogP) is 3.27. The Morgan fingerprint density at radius 2 is 1.61 bits per heavy atom. The number of benzene rings is 2. The van der Waals surface area contributed by atoms with E-state index in [-0.39, 0.29) is 11.8 Å². The van der Waals surface area contributed by atoms with Crippen LogP contribution >= 0.6 is 0 Å². The second-order valence-electron chi connectivity index (χ2n) is 4.98. The smallest absolute Gasteiger partial charge is 0.220 e. The Balaban J connectivity index is 2.12. The van der Waals surface area contributed by atoms with E-state index in [1.165, 1.54) is 12.1 Å². The van der Waals surface area contributed by atoms with Crippen molar-refractivity contribution in [2.75, 3.05) is 12.0 Å². The van der Waals surface area contributed by atoms with Crippen molar-refractivity contribution in [3.8, 4) is 22.4 Å². The van der Waals surface area contributed by atoms with E-state index in [2.05, 4.69) is 9.97 Å². The lowest BCUT2D eigenvalue weighted by atomic mass is 10.0. The van der Waals surface area contributed by atoms with Crippen molar-refractivity contribution < 1.29 is 8.60 Å². The van der Waals surface area contributed by atoms with Gasteiger partial charge in [-0.05, 0) is 29.8 Å². The molecule has 6 heteroatoms. The number of anilines is 1. The Kier molecular flexibility index (Phi) is 4.16. The van der Waals surface area contributed by atoms with Crippen LogP contribution < -0.4 is 5.73 Å². The maximum atomic E-state index is 13.1. The first-order chi connectivity index (χ1) is 11.0. The maximum absolute atomic E-state index is 13.1. The van der Waals surface area contributed by atoms with Gasteiger partial charge in [-0.1, -0.05) is 24.3 Å². The first-order valence-electron chi connectivity index (χ1n) is 6.87. The van der Waals surface area contributed by atoms with Crippen LogP contribution in [-0.2, 0) is 10.8 Å². The fraction of sp³-hybridized carbons (Fsp3) is 0.0588. The molecule has 2 N–H and O–H groups in total. The molecular formula is C17H14FN3OS. The molecule has 3 aromatic rings. The number of aromatic nitrogens is 2. The summed E-state index contributed by atoms with van der Waals surface area (Å²) in [6, 6.07) is 13.4. The molecule has 0 fully saturated rings. The van der Waals surface area contributed by atoms with Gasteiger partial charge in [-0.15, -0.1) is 0 Å². The Hall–Kier alpha value is -2.60. The molecule has 2 aromatic carbocycles. The van der Waals surface area contributed by atoms with Crippen LogP contribution in [0.3, 0.4) is 0 Å². The third kappa shape index (κ3) is 3.27. The highest BCUT2D eigenvalue weighted by Gasteiger charge is 2.11. The molecule has 0 saturated heterocycles. The third-order valence-corrected chi connectivity index (χ3v) is 4.36. The Morgan fingerprint density at radius 1 is 1.00 bits per heavy atom. The number of nitrogens with zero attached hydrogens (tertiary/aromatic N) is 2. The molecule has 1 heterocycles. The molecule has 0 aliphatic carbocycles. The van der Waals surface area contributed by atoms with E-state index in [1.807, 2.05) is 12.1 Å². The van der Waals surface area contributed by atoms with Crippen LogP contribution in [0.5, 0.6) is 0 Å². The number of rotatable bonds is 3. The van der Waals surface area contributed by atoms with Gasteiger partial charge in [0.2, 0.25) is 5.95 Å². The first-order valence-corrected chi connectivity index (χ1v) is 8.43. The average molecular weight is 327 g/mol. The van der Waals surface area contributed by atoms with Crippen molar-refractivity contribution in [2.24, 2.45) is 0 Å². The van der Waals surface area contributed by atoms with Gasteiger partial charge < -0.3 is 5.73 Å². The van der Waals surface area contributed by atoms with E-state index in [4.69, 9.17) is 5.73 Å². The predicted molar refractivity (Wildman–Crippen MR) is 89.6 cm³/mol. The van der Waals surface area contributed by atoms with Gasteiger partial charge in [-0.3, -0.25) is 4.21 Å². The summed E-state index contributed by atoms with van der Waals surface area (Å²) in [5, 5.41) is 0. The van der Waals surface area contributed by atoms with Crippen molar-refractivity contribution in [1.29, 1.82) is 0 Å². The van der Waals surface area contributed by atoms with Gasteiger partial charge >= 0.3 is 0 Å². The van der Waals surface area contributed by atoms with E-state index >= 15 is 0 Å². The highest BCUT2D eigenvalue weighted by atomic mass is 32.2. The zero-order valence-electron chi connectivity index (χ0n) is 12.4. The second-order valence-corrected chi connectivity index (χ2v) is 6.36. The molecule has 23 heavy (non-hydrogen) atoms. The van der Waals surface area contributed by atoms with Gasteiger partial charge in [-0.2, -0.15) is 0 Å².